The van der Waals surface area contributed by atoms with Crippen molar-refractivity contribution < 1.29 is 9.53 Å². The number of amides is 1. The highest BCUT2D eigenvalue weighted by molar-refractivity contribution is 6.35. The summed E-state index contributed by atoms with van der Waals surface area (Å²) in [5.74, 6) is 0.575. The molecule has 1 aliphatic carbocycles. The number of hydrogen-bond acceptors (Lipinski definition) is 2. The number of aryl methyl sites for hydroxylation is 1. The summed E-state index contributed by atoms with van der Waals surface area (Å²) in [6.45, 7) is 0.0107. The summed E-state index contributed by atoms with van der Waals surface area (Å²) in [4.78, 5) is 15.7. The summed E-state index contributed by atoms with van der Waals surface area (Å²) >= 11 is 6.31. The van der Waals surface area contributed by atoms with Gasteiger partial charge in [0.2, 0.25) is 0 Å². The molecule has 4 nitrogen and oxygen atoms in total. The van der Waals surface area contributed by atoms with Gasteiger partial charge in [0.25, 0.3) is 5.91 Å². The zero-order valence-electron chi connectivity index (χ0n) is 13.7. The lowest BCUT2D eigenvalue weighted by Crippen LogP contribution is -2.34. The van der Waals surface area contributed by atoms with Crippen LogP contribution in [0.3, 0.4) is 0 Å². The molecule has 0 saturated carbocycles. The molecule has 1 aromatic heterocycles. The van der Waals surface area contributed by atoms with E-state index < -0.39 is 0 Å². The fourth-order valence-electron chi connectivity index (χ4n) is 3.50. The van der Waals surface area contributed by atoms with Crippen LogP contribution in [-0.4, -0.2) is 17.5 Å². The average Bonchev–Trinajstić information content (AvgIpc) is 3.02. The van der Waals surface area contributed by atoms with Crippen LogP contribution in [0.5, 0.6) is 5.75 Å². The first-order chi connectivity index (χ1) is 12.2. The first-order valence-electron chi connectivity index (χ1n) is 8.48. The van der Waals surface area contributed by atoms with Gasteiger partial charge in [-0.15, -0.1) is 0 Å². The molecular formula is C20H19ClN2O2. The molecule has 0 fully saturated rings. The molecule has 128 valence electrons. The Hall–Kier alpha value is -2.46. The summed E-state index contributed by atoms with van der Waals surface area (Å²) in [5.41, 5.74) is 3.29. The number of ether oxygens (including phenoxy) is 1. The van der Waals surface area contributed by atoms with Crippen molar-refractivity contribution in [3.05, 3.63) is 64.8 Å². The lowest BCUT2D eigenvalue weighted by atomic mass is 9.91. The van der Waals surface area contributed by atoms with E-state index in [1.807, 2.05) is 42.5 Å². The van der Waals surface area contributed by atoms with Crippen LogP contribution in [0.1, 0.15) is 30.1 Å². The minimum atomic E-state index is -0.119. The molecule has 1 atom stereocenters. The van der Waals surface area contributed by atoms with Gasteiger partial charge in [-0.1, -0.05) is 41.9 Å². The molecule has 3 aromatic rings. The quantitative estimate of drug-likeness (QED) is 0.729. The van der Waals surface area contributed by atoms with E-state index in [2.05, 4.69) is 16.4 Å². The predicted molar refractivity (Wildman–Crippen MR) is 99.1 cm³/mol. The molecule has 4 rings (SSSR count). The molecule has 0 bridgehead atoms. The first-order valence-corrected chi connectivity index (χ1v) is 8.86. The van der Waals surface area contributed by atoms with E-state index in [1.165, 1.54) is 5.56 Å². The Kier molecular flexibility index (Phi) is 4.36. The van der Waals surface area contributed by atoms with Crippen LogP contribution in [0, 0.1) is 0 Å². The van der Waals surface area contributed by atoms with Crippen LogP contribution < -0.4 is 10.1 Å². The Bertz CT molecular complexity index is 905. The van der Waals surface area contributed by atoms with Gasteiger partial charge in [-0.25, -0.2) is 0 Å². The number of rotatable bonds is 4. The van der Waals surface area contributed by atoms with E-state index >= 15 is 0 Å². The zero-order valence-corrected chi connectivity index (χ0v) is 14.5. The lowest BCUT2D eigenvalue weighted by Gasteiger charge is -2.23. The SMILES string of the molecule is O=C(COc1ccccc1)NC1CCCc2c1[nH]c1c(Cl)cccc21. The molecule has 1 amide bonds. The number of carbonyl (C=O) groups excluding carboxylic acids is 1. The predicted octanol–water partition coefficient (Wildman–Crippen LogP) is 4.39. The molecule has 0 spiro atoms. The highest BCUT2D eigenvalue weighted by Gasteiger charge is 2.26. The molecule has 2 aromatic carbocycles. The fraction of sp³-hybridized carbons (Fsp3) is 0.250. The zero-order chi connectivity index (χ0) is 17.2. The second-order valence-corrected chi connectivity index (χ2v) is 6.70. The maximum Gasteiger partial charge on any atom is 0.258 e. The molecular weight excluding hydrogens is 336 g/mol. The third-order valence-corrected chi connectivity index (χ3v) is 4.95. The molecule has 2 N–H and O–H groups in total. The van der Waals surface area contributed by atoms with Crippen LogP contribution >= 0.6 is 11.6 Å². The van der Waals surface area contributed by atoms with Gasteiger partial charge in [-0.05, 0) is 43.0 Å². The standard InChI is InChI=1S/C20H19ClN2O2/c21-16-10-4-8-14-15-9-5-11-17(20(15)23-19(14)16)22-18(24)12-25-13-6-2-1-3-7-13/h1-4,6-8,10,17,23H,5,9,11-12H2,(H,22,24). The van der Waals surface area contributed by atoms with Crippen molar-refractivity contribution >= 4 is 28.4 Å². The monoisotopic (exact) mass is 354 g/mol. The number of benzene rings is 2. The van der Waals surface area contributed by atoms with Gasteiger partial charge in [0.15, 0.2) is 6.61 Å². The van der Waals surface area contributed by atoms with Crippen molar-refractivity contribution in [2.75, 3.05) is 6.61 Å². The summed E-state index contributed by atoms with van der Waals surface area (Å²) in [5, 5.41) is 4.95. The Morgan fingerprint density at radius 2 is 2.04 bits per heavy atom. The number of nitrogens with one attached hydrogen (secondary N) is 2. The van der Waals surface area contributed by atoms with Gasteiger partial charge in [0, 0.05) is 11.1 Å². The van der Waals surface area contributed by atoms with Gasteiger partial charge in [-0.3, -0.25) is 4.79 Å². The Morgan fingerprint density at radius 1 is 1.20 bits per heavy atom. The third kappa shape index (κ3) is 3.22. The van der Waals surface area contributed by atoms with Crippen molar-refractivity contribution in [3.63, 3.8) is 0 Å². The normalized spacial score (nSPS) is 16.4. The Labute approximate surface area is 151 Å². The van der Waals surface area contributed by atoms with Crippen molar-refractivity contribution in [3.8, 4) is 5.75 Å². The number of carbonyl (C=O) groups is 1. The van der Waals surface area contributed by atoms with Gasteiger partial charge in [-0.2, -0.15) is 0 Å². The number of halogens is 1. The van der Waals surface area contributed by atoms with Gasteiger partial charge in [0.05, 0.1) is 16.6 Å². The minimum absolute atomic E-state index is 0.0107. The molecule has 1 unspecified atom stereocenters. The summed E-state index contributed by atoms with van der Waals surface area (Å²) in [6.07, 6.45) is 2.95. The number of aromatic nitrogens is 1. The van der Waals surface area contributed by atoms with E-state index in [0.29, 0.717) is 10.8 Å². The van der Waals surface area contributed by atoms with Crippen LogP contribution in [-0.2, 0) is 11.2 Å². The second-order valence-electron chi connectivity index (χ2n) is 6.29. The number of hydrogen-bond donors (Lipinski definition) is 2. The van der Waals surface area contributed by atoms with Crippen LogP contribution in [0.4, 0.5) is 0 Å². The van der Waals surface area contributed by atoms with Crippen molar-refractivity contribution in [1.29, 1.82) is 0 Å². The summed E-state index contributed by atoms with van der Waals surface area (Å²) in [6, 6.07) is 15.3. The lowest BCUT2D eigenvalue weighted by molar-refractivity contribution is -0.124. The smallest absolute Gasteiger partial charge is 0.258 e. The van der Waals surface area contributed by atoms with Crippen LogP contribution in [0.2, 0.25) is 5.02 Å². The minimum Gasteiger partial charge on any atom is -0.484 e. The molecule has 0 radical (unpaired) electrons. The second kappa shape index (κ2) is 6.81. The Balaban J connectivity index is 1.50. The first kappa shape index (κ1) is 16.0. The molecule has 0 saturated heterocycles. The third-order valence-electron chi connectivity index (χ3n) is 4.64. The highest BCUT2D eigenvalue weighted by atomic mass is 35.5. The van der Waals surface area contributed by atoms with Crippen molar-refractivity contribution in [2.24, 2.45) is 0 Å². The van der Waals surface area contributed by atoms with Gasteiger partial charge in [0.1, 0.15) is 5.75 Å². The van der Waals surface area contributed by atoms with E-state index in [0.717, 1.165) is 35.9 Å². The molecule has 1 aliphatic rings. The Morgan fingerprint density at radius 3 is 2.88 bits per heavy atom. The molecule has 5 heteroatoms. The van der Waals surface area contributed by atoms with Crippen LogP contribution in [0.25, 0.3) is 10.9 Å². The molecule has 0 aliphatic heterocycles. The number of H-pyrrole nitrogens is 1. The van der Waals surface area contributed by atoms with E-state index in [4.69, 9.17) is 16.3 Å². The largest absolute Gasteiger partial charge is 0.484 e. The van der Waals surface area contributed by atoms with Crippen LogP contribution in [0.15, 0.2) is 48.5 Å². The number of para-hydroxylation sites is 2. The van der Waals surface area contributed by atoms with E-state index in [1.54, 1.807) is 0 Å². The fourth-order valence-corrected chi connectivity index (χ4v) is 3.72. The van der Waals surface area contributed by atoms with E-state index in [-0.39, 0.29) is 18.6 Å². The number of aromatic amines is 1. The maximum atomic E-state index is 12.3. The summed E-state index contributed by atoms with van der Waals surface area (Å²) in [7, 11) is 0. The summed E-state index contributed by atoms with van der Waals surface area (Å²) < 4.78 is 5.53. The molecule has 1 heterocycles. The topological polar surface area (TPSA) is 54.1 Å². The average molecular weight is 355 g/mol. The van der Waals surface area contributed by atoms with Crippen molar-refractivity contribution in [1.82, 2.24) is 10.3 Å². The maximum absolute atomic E-state index is 12.3. The number of fused-ring (bicyclic) bond motifs is 3. The highest BCUT2D eigenvalue weighted by Crippen LogP contribution is 2.36. The molecule has 25 heavy (non-hydrogen) atoms. The van der Waals surface area contributed by atoms with E-state index in [9.17, 15) is 4.79 Å². The van der Waals surface area contributed by atoms with Gasteiger partial charge >= 0.3 is 0 Å². The van der Waals surface area contributed by atoms with Crippen molar-refractivity contribution in [2.45, 2.75) is 25.3 Å². The van der Waals surface area contributed by atoms with Gasteiger partial charge < -0.3 is 15.0 Å².